The average Bonchev–Trinajstić information content (AvgIpc) is 3.19. The Morgan fingerprint density at radius 2 is 2.17 bits per heavy atom. The van der Waals surface area contributed by atoms with Gasteiger partial charge in [0.25, 0.3) is 0 Å². The fraction of sp³-hybridized carbons (Fsp3) is 0.389. The standard InChI is InChI=1S/C18H21N3O2/c1-12-6-15(20-19-12)7-14-9-21(11-17(14)22)10-16-8-13-4-2-3-5-18(13)23-16/h2-6,8,14,17,22H,7,9-11H2,1H3,(H,19,20)/t14-,17-/m1/s1. The van der Waals surface area contributed by atoms with E-state index in [4.69, 9.17) is 4.42 Å². The summed E-state index contributed by atoms with van der Waals surface area (Å²) < 4.78 is 5.88. The van der Waals surface area contributed by atoms with Crippen molar-refractivity contribution in [2.75, 3.05) is 13.1 Å². The molecule has 5 heteroatoms. The average molecular weight is 311 g/mol. The third-order valence-electron chi connectivity index (χ3n) is 4.57. The van der Waals surface area contributed by atoms with E-state index in [0.29, 0.717) is 6.54 Å². The van der Waals surface area contributed by atoms with Gasteiger partial charge in [-0.3, -0.25) is 10.00 Å². The van der Waals surface area contributed by atoms with E-state index < -0.39 is 0 Å². The smallest absolute Gasteiger partial charge is 0.134 e. The molecule has 1 aromatic carbocycles. The van der Waals surface area contributed by atoms with Crippen LogP contribution in [-0.2, 0) is 13.0 Å². The van der Waals surface area contributed by atoms with Gasteiger partial charge in [0.15, 0.2) is 0 Å². The van der Waals surface area contributed by atoms with E-state index >= 15 is 0 Å². The molecule has 0 amide bonds. The Morgan fingerprint density at radius 3 is 2.96 bits per heavy atom. The van der Waals surface area contributed by atoms with Crippen LogP contribution in [0.1, 0.15) is 17.1 Å². The van der Waals surface area contributed by atoms with Crippen molar-refractivity contribution in [1.29, 1.82) is 0 Å². The minimum atomic E-state index is -0.309. The molecule has 1 aliphatic heterocycles. The normalized spacial score (nSPS) is 22.2. The van der Waals surface area contributed by atoms with E-state index in [1.54, 1.807) is 0 Å². The van der Waals surface area contributed by atoms with Crippen LogP contribution in [0.25, 0.3) is 11.0 Å². The zero-order valence-corrected chi connectivity index (χ0v) is 13.2. The van der Waals surface area contributed by atoms with E-state index in [-0.39, 0.29) is 12.0 Å². The van der Waals surface area contributed by atoms with E-state index in [0.717, 1.165) is 47.6 Å². The second kappa shape index (κ2) is 5.83. The minimum Gasteiger partial charge on any atom is -0.460 e. The maximum atomic E-state index is 10.3. The number of aliphatic hydroxyl groups excluding tert-OH is 1. The second-order valence-electron chi connectivity index (χ2n) is 6.52. The molecule has 2 atom stereocenters. The number of H-pyrrole nitrogens is 1. The molecule has 4 rings (SSSR count). The first-order valence-corrected chi connectivity index (χ1v) is 8.06. The lowest BCUT2D eigenvalue weighted by molar-refractivity contribution is 0.140. The third kappa shape index (κ3) is 3.02. The molecule has 0 radical (unpaired) electrons. The van der Waals surface area contributed by atoms with Crippen LogP contribution in [0, 0.1) is 12.8 Å². The van der Waals surface area contributed by atoms with Crippen LogP contribution >= 0.6 is 0 Å². The highest BCUT2D eigenvalue weighted by Gasteiger charge is 2.32. The Morgan fingerprint density at radius 1 is 1.30 bits per heavy atom. The molecular weight excluding hydrogens is 290 g/mol. The first-order chi connectivity index (χ1) is 11.2. The maximum Gasteiger partial charge on any atom is 0.134 e. The highest BCUT2D eigenvalue weighted by Crippen LogP contribution is 2.25. The number of furan rings is 1. The van der Waals surface area contributed by atoms with E-state index in [1.807, 2.05) is 25.1 Å². The molecule has 1 saturated heterocycles. The lowest BCUT2D eigenvalue weighted by atomic mass is 10.0. The topological polar surface area (TPSA) is 65.3 Å². The number of hydrogen-bond donors (Lipinski definition) is 2. The molecule has 3 aromatic rings. The molecule has 0 aliphatic carbocycles. The molecule has 1 aliphatic rings. The molecule has 0 unspecified atom stereocenters. The highest BCUT2D eigenvalue weighted by atomic mass is 16.3. The fourth-order valence-corrected chi connectivity index (χ4v) is 3.45. The summed E-state index contributed by atoms with van der Waals surface area (Å²) in [6.07, 6.45) is 0.499. The Balaban J connectivity index is 1.42. The number of benzene rings is 1. The lowest BCUT2D eigenvalue weighted by Crippen LogP contribution is -2.21. The van der Waals surface area contributed by atoms with Crippen molar-refractivity contribution in [3.8, 4) is 0 Å². The van der Waals surface area contributed by atoms with Crippen molar-refractivity contribution in [2.24, 2.45) is 5.92 Å². The van der Waals surface area contributed by atoms with Gasteiger partial charge in [0.05, 0.1) is 18.3 Å². The number of likely N-dealkylation sites (tertiary alicyclic amines) is 1. The predicted molar refractivity (Wildman–Crippen MR) is 88.0 cm³/mol. The van der Waals surface area contributed by atoms with Crippen molar-refractivity contribution < 1.29 is 9.52 Å². The van der Waals surface area contributed by atoms with Crippen molar-refractivity contribution in [3.05, 3.63) is 53.5 Å². The van der Waals surface area contributed by atoms with Gasteiger partial charge in [-0.2, -0.15) is 5.10 Å². The summed E-state index contributed by atoms with van der Waals surface area (Å²) >= 11 is 0. The number of aromatic amines is 1. The molecular formula is C18H21N3O2. The SMILES string of the molecule is Cc1cc(C[C@@H]2CN(Cc3cc4ccccc4o3)C[C@H]2O)n[nH]1. The van der Waals surface area contributed by atoms with Crippen LogP contribution in [0.4, 0.5) is 0 Å². The van der Waals surface area contributed by atoms with Gasteiger partial charge in [0.1, 0.15) is 11.3 Å². The van der Waals surface area contributed by atoms with Crippen LogP contribution in [0.5, 0.6) is 0 Å². The highest BCUT2D eigenvalue weighted by molar-refractivity contribution is 5.77. The number of nitrogens with zero attached hydrogens (tertiary/aromatic N) is 2. The van der Waals surface area contributed by atoms with Gasteiger partial charge in [0, 0.05) is 30.1 Å². The summed E-state index contributed by atoms with van der Waals surface area (Å²) in [5.74, 6) is 1.18. The van der Waals surface area contributed by atoms with E-state index in [1.165, 1.54) is 0 Å². The number of hydrogen-bond acceptors (Lipinski definition) is 4. The number of rotatable bonds is 4. The van der Waals surface area contributed by atoms with E-state index in [2.05, 4.69) is 33.3 Å². The Hall–Kier alpha value is -2.11. The summed E-state index contributed by atoms with van der Waals surface area (Å²) in [5.41, 5.74) is 3.01. The molecule has 3 heterocycles. The zero-order valence-electron chi connectivity index (χ0n) is 13.2. The summed E-state index contributed by atoms with van der Waals surface area (Å²) in [5, 5.41) is 18.7. The van der Waals surface area contributed by atoms with Crippen LogP contribution < -0.4 is 0 Å². The third-order valence-corrected chi connectivity index (χ3v) is 4.57. The van der Waals surface area contributed by atoms with Crippen molar-refractivity contribution in [2.45, 2.75) is 26.0 Å². The van der Waals surface area contributed by atoms with Crippen molar-refractivity contribution in [1.82, 2.24) is 15.1 Å². The number of aliphatic hydroxyl groups is 1. The van der Waals surface area contributed by atoms with Crippen LogP contribution in [0.3, 0.4) is 0 Å². The summed E-state index contributed by atoms with van der Waals surface area (Å²) in [7, 11) is 0. The lowest BCUT2D eigenvalue weighted by Gasteiger charge is -2.13. The molecule has 1 fully saturated rings. The Kier molecular flexibility index (Phi) is 3.67. The van der Waals surface area contributed by atoms with Crippen LogP contribution in [0.15, 0.2) is 40.8 Å². The fourth-order valence-electron chi connectivity index (χ4n) is 3.45. The van der Waals surface area contributed by atoms with Gasteiger partial charge in [-0.1, -0.05) is 18.2 Å². The number of β-amino-alcohol motifs (C(OH)–C–C–N with tert-alkyl or cyclic N) is 1. The first kappa shape index (κ1) is 14.5. The maximum absolute atomic E-state index is 10.3. The number of fused-ring (bicyclic) bond motifs is 1. The minimum absolute atomic E-state index is 0.224. The molecule has 5 nitrogen and oxygen atoms in total. The molecule has 0 spiro atoms. The number of aromatic nitrogens is 2. The van der Waals surface area contributed by atoms with Gasteiger partial charge in [-0.15, -0.1) is 0 Å². The van der Waals surface area contributed by atoms with Crippen LogP contribution in [-0.4, -0.2) is 39.4 Å². The van der Waals surface area contributed by atoms with E-state index in [9.17, 15) is 5.11 Å². The summed E-state index contributed by atoms with van der Waals surface area (Å²) in [6.45, 7) is 4.28. The van der Waals surface area contributed by atoms with Crippen LogP contribution in [0.2, 0.25) is 0 Å². The monoisotopic (exact) mass is 311 g/mol. The van der Waals surface area contributed by atoms with Crippen molar-refractivity contribution >= 4 is 11.0 Å². The second-order valence-corrected chi connectivity index (χ2v) is 6.52. The van der Waals surface area contributed by atoms with Crippen molar-refractivity contribution in [3.63, 3.8) is 0 Å². The van der Waals surface area contributed by atoms with Gasteiger partial charge in [0.2, 0.25) is 0 Å². The zero-order chi connectivity index (χ0) is 15.8. The quantitative estimate of drug-likeness (QED) is 0.777. The predicted octanol–water partition coefficient (Wildman–Crippen LogP) is 2.50. The summed E-state index contributed by atoms with van der Waals surface area (Å²) in [4.78, 5) is 2.26. The largest absolute Gasteiger partial charge is 0.460 e. The molecule has 23 heavy (non-hydrogen) atoms. The molecule has 2 aromatic heterocycles. The number of para-hydroxylation sites is 1. The molecule has 0 saturated carbocycles. The number of nitrogens with one attached hydrogen (secondary N) is 1. The molecule has 0 bridgehead atoms. The van der Waals surface area contributed by atoms with Gasteiger partial charge >= 0.3 is 0 Å². The van der Waals surface area contributed by atoms with Gasteiger partial charge in [-0.05, 0) is 31.5 Å². The van der Waals surface area contributed by atoms with Gasteiger partial charge in [-0.25, -0.2) is 0 Å². The molecule has 2 N–H and O–H groups in total. The Bertz CT molecular complexity index is 774. The first-order valence-electron chi connectivity index (χ1n) is 8.06. The Labute approximate surface area is 134 Å². The summed E-state index contributed by atoms with van der Waals surface area (Å²) in [6, 6.07) is 12.2. The van der Waals surface area contributed by atoms with Gasteiger partial charge < -0.3 is 9.52 Å². The molecule has 120 valence electrons. The number of aryl methyl sites for hydroxylation is 1.